The van der Waals surface area contributed by atoms with Gasteiger partial charge in [0.2, 0.25) is 0 Å². The van der Waals surface area contributed by atoms with Crippen molar-refractivity contribution >= 4 is 5.84 Å². The third-order valence-corrected chi connectivity index (χ3v) is 3.26. The molecule has 0 amide bonds. The summed E-state index contributed by atoms with van der Waals surface area (Å²) in [5.41, 5.74) is 7.06. The monoisotopic (exact) mass is 250 g/mol. The van der Waals surface area contributed by atoms with E-state index in [2.05, 4.69) is 15.0 Å². The SMILES string of the molecule is N/C(=N/O)c1ncccc1CN1CCC(CO)C1. The van der Waals surface area contributed by atoms with Gasteiger partial charge in [-0.1, -0.05) is 11.2 Å². The maximum Gasteiger partial charge on any atom is 0.189 e. The second-order valence-electron chi connectivity index (χ2n) is 4.57. The lowest BCUT2D eigenvalue weighted by Crippen LogP contribution is -2.24. The number of nitrogens with two attached hydrogens (primary N) is 1. The first-order valence-electron chi connectivity index (χ1n) is 5.99. The number of pyridine rings is 1. The average Bonchev–Trinajstić information content (AvgIpc) is 2.86. The molecule has 1 aliphatic rings. The Labute approximate surface area is 106 Å². The van der Waals surface area contributed by atoms with Crippen molar-refractivity contribution in [3.05, 3.63) is 29.6 Å². The molecule has 1 aromatic rings. The molecule has 1 atom stereocenters. The van der Waals surface area contributed by atoms with Crippen molar-refractivity contribution in [2.75, 3.05) is 19.7 Å². The van der Waals surface area contributed by atoms with E-state index in [-0.39, 0.29) is 12.4 Å². The van der Waals surface area contributed by atoms with E-state index in [4.69, 9.17) is 16.0 Å². The highest BCUT2D eigenvalue weighted by Gasteiger charge is 2.22. The fourth-order valence-electron chi connectivity index (χ4n) is 2.29. The summed E-state index contributed by atoms with van der Waals surface area (Å²) < 4.78 is 0. The molecule has 4 N–H and O–H groups in total. The van der Waals surface area contributed by atoms with Gasteiger partial charge >= 0.3 is 0 Å². The number of aromatic nitrogens is 1. The van der Waals surface area contributed by atoms with E-state index in [0.29, 0.717) is 18.2 Å². The molecule has 0 radical (unpaired) electrons. The number of hydrogen-bond acceptors (Lipinski definition) is 5. The van der Waals surface area contributed by atoms with E-state index in [1.54, 1.807) is 6.20 Å². The van der Waals surface area contributed by atoms with Gasteiger partial charge in [-0.25, -0.2) is 0 Å². The molecule has 2 heterocycles. The molecule has 1 aromatic heterocycles. The van der Waals surface area contributed by atoms with Gasteiger partial charge in [-0.3, -0.25) is 9.88 Å². The van der Waals surface area contributed by atoms with Crippen LogP contribution in [-0.2, 0) is 6.54 Å². The molecule has 0 aromatic carbocycles. The van der Waals surface area contributed by atoms with Gasteiger partial charge in [0.05, 0.1) is 0 Å². The fourth-order valence-corrected chi connectivity index (χ4v) is 2.29. The fraction of sp³-hybridized carbons (Fsp3) is 0.500. The largest absolute Gasteiger partial charge is 0.409 e. The average molecular weight is 250 g/mol. The Morgan fingerprint density at radius 1 is 1.61 bits per heavy atom. The molecule has 1 unspecified atom stereocenters. The van der Waals surface area contributed by atoms with E-state index in [1.807, 2.05) is 12.1 Å². The number of aliphatic hydroxyl groups is 1. The van der Waals surface area contributed by atoms with Crippen molar-refractivity contribution in [1.82, 2.24) is 9.88 Å². The number of likely N-dealkylation sites (tertiary alicyclic amines) is 1. The molecule has 1 saturated heterocycles. The number of nitrogens with zero attached hydrogens (tertiary/aromatic N) is 3. The maximum absolute atomic E-state index is 9.12. The van der Waals surface area contributed by atoms with Crippen LogP contribution in [0.2, 0.25) is 0 Å². The van der Waals surface area contributed by atoms with Gasteiger partial charge < -0.3 is 16.0 Å². The molecule has 0 spiro atoms. The van der Waals surface area contributed by atoms with Gasteiger partial charge in [-0.15, -0.1) is 0 Å². The van der Waals surface area contributed by atoms with Crippen LogP contribution >= 0.6 is 0 Å². The van der Waals surface area contributed by atoms with Gasteiger partial charge in [0.25, 0.3) is 0 Å². The van der Waals surface area contributed by atoms with E-state index >= 15 is 0 Å². The highest BCUT2D eigenvalue weighted by Crippen LogP contribution is 2.19. The van der Waals surface area contributed by atoms with Crippen molar-refractivity contribution in [3.63, 3.8) is 0 Å². The molecule has 1 aliphatic heterocycles. The van der Waals surface area contributed by atoms with Crippen LogP contribution in [0.1, 0.15) is 17.7 Å². The van der Waals surface area contributed by atoms with Gasteiger partial charge in [0.15, 0.2) is 5.84 Å². The van der Waals surface area contributed by atoms with Crippen LogP contribution < -0.4 is 5.73 Å². The van der Waals surface area contributed by atoms with E-state index in [1.165, 1.54) is 0 Å². The van der Waals surface area contributed by atoms with Crippen LogP contribution in [0.15, 0.2) is 23.5 Å². The lowest BCUT2D eigenvalue weighted by molar-refractivity contribution is 0.220. The minimum absolute atomic E-state index is 0.0310. The van der Waals surface area contributed by atoms with Crippen molar-refractivity contribution < 1.29 is 10.3 Å². The van der Waals surface area contributed by atoms with E-state index in [9.17, 15) is 0 Å². The Morgan fingerprint density at radius 2 is 2.44 bits per heavy atom. The van der Waals surface area contributed by atoms with Crippen LogP contribution in [-0.4, -0.2) is 45.7 Å². The Hall–Kier alpha value is -1.66. The molecule has 1 fully saturated rings. The van der Waals surface area contributed by atoms with Crippen LogP contribution in [0.5, 0.6) is 0 Å². The van der Waals surface area contributed by atoms with Crippen molar-refractivity contribution in [2.24, 2.45) is 16.8 Å². The summed E-state index contributed by atoms with van der Waals surface area (Å²) in [5.74, 6) is 0.387. The first-order chi connectivity index (χ1) is 8.74. The molecular formula is C12H18N4O2. The van der Waals surface area contributed by atoms with Crippen LogP contribution in [0, 0.1) is 5.92 Å². The highest BCUT2D eigenvalue weighted by molar-refractivity contribution is 5.96. The number of rotatable bonds is 4. The van der Waals surface area contributed by atoms with Crippen molar-refractivity contribution in [2.45, 2.75) is 13.0 Å². The highest BCUT2D eigenvalue weighted by atomic mass is 16.4. The number of aliphatic hydroxyl groups excluding tert-OH is 1. The first kappa shape index (κ1) is 12.8. The van der Waals surface area contributed by atoms with Gasteiger partial charge in [0.1, 0.15) is 5.69 Å². The third-order valence-electron chi connectivity index (χ3n) is 3.26. The predicted molar refractivity (Wildman–Crippen MR) is 67.2 cm³/mol. The van der Waals surface area contributed by atoms with Crippen molar-refractivity contribution in [3.8, 4) is 0 Å². The zero-order chi connectivity index (χ0) is 13.0. The molecule has 2 rings (SSSR count). The van der Waals surface area contributed by atoms with Gasteiger partial charge in [-0.2, -0.15) is 0 Å². The van der Waals surface area contributed by atoms with Gasteiger partial charge in [0, 0.05) is 25.9 Å². The summed E-state index contributed by atoms with van der Waals surface area (Å²) in [6.07, 6.45) is 2.63. The normalized spacial score (nSPS) is 21.4. The Morgan fingerprint density at radius 3 is 3.11 bits per heavy atom. The Balaban J connectivity index is 2.10. The summed E-state index contributed by atoms with van der Waals surface area (Å²) >= 11 is 0. The quantitative estimate of drug-likeness (QED) is 0.302. The molecule has 98 valence electrons. The number of amidine groups is 1. The molecule has 0 bridgehead atoms. The minimum atomic E-state index is 0.0310. The summed E-state index contributed by atoms with van der Waals surface area (Å²) in [6, 6.07) is 3.76. The number of hydrogen-bond donors (Lipinski definition) is 3. The Bertz CT molecular complexity index is 436. The minimum Gasteiger partial charge on any atom is -0.409 e. The maximum atomic E-state index is 9.12. The van der Waals surface area contributed by atoms with Crippen LogP contribution in [0.25, 0.3) is 0 Å². The second-order valence-corrected chi connectivity index (χ2v) is 4.57. The standard InChI is InChI=1S/C12H18N4O2/c13-12(15-18)11-10(2-1-4-14-11)7-16-5-3-9(6-16)8-17/h1-2,4,9,17-18H,3,5-8H2,(H2,13,15). The van der Waals surface area contributed by atoms with Crippen molar-refractivity contribution in [1.29, 1.82) is 0 Å². The molecule has 6 nitrogen and oxygen atoms in total. The summed E-state index contributed by atoms with van der Waals surface area (Å²) in [4.78, 5) is 6.38. The molecule has 0 saturated carbocycles. The topological polar surface area (TPSA) is 95.0 Å². The summed E-state index contributed by atoms with van der Waals surface area (Å²) in [5, 5.41) is 20.8. The van der Waals surface area contributed by atoms with E-state index in [0.717, 1.165) is 25.1 Å². The zero-order valence-electron chi connectivity index (χ0n) is 10.2. The summed E-state index contributed by atoms with van der Waals surface area (Å²) in [7, 11) is 0. The molecule has 0 aliphatic carbocycles. The number of oxime groups is 1. The molecular weight excluding hydrogens is 232 g/mol. The first-order valence-corrected chi connectivity index (χ1v) is 5.99. The van der Waals surface area contributed by atoms with E-state index < -0.39 is 0 Å². The smallest absolute Gasteiger partial charge is 0.189 e. The molecule has 18 heavy (non-hydrogen) atoms. The van der Waals surface area contributed by atoms with Gasteiger partial charge in [-0.05, 0) is 30.5 Å². The lowest BCUT2D eigenvalue weighted by atomic mass is 10.1. The predicted octanol–water partition coefficient (Wildman–Crippen LogP) is -0.00970. The zero-order valence-corrected chi connectivity index (χ0v) is 10.2. The third kappa shape index (κ3) is 2.77. The van der Waals surface area contributed by atoms with Crippen LogP contribution in [0.3, 0.4) is 0 Å². The lowest BCUT2D eigenvalue weighted by Gasteiger charge is -2.17. The molecule has 6 heteroatoms. The Kier molecular flexibility index (Phi) is 4.11. The van der Waals surface area contributed by atoms with Crippen LogP contribution in [0.4, 0.5) is 0 Å². The second kappa shape index (κ2) is 5.79. The summed E-state index contributed by atoms with van der Waals surface area (Å²) in [6.45, 7) is 2.77.